The Bertz CT molecular complexity index is 547. The van der Waals surface area contributed by atoms with E-state index in [1.54, 1.807) is 7.05 Å². The number of carbonyl (C=O) groups excluding carboxylic acids is 1. The topological polar surface area (TPSA) is 98.7 Å². The van der Waals surface area contributed by atoms with E-state index in [1.165, 1.54) is 23.1 Å². The zero-order valence-electron chi connectivity index (χ0n) is 8.88. The zero-order chi connectivity index (χ0) is 12.4. The first-order chi connectivity index (χ1) is 8.08. The molecule has 2 rings (SSSR count). The van der Waals surface area contributed by atoms with Crippen LogP contribution in [0.2, 0.25) is 5.28 Å². The van der Waals surface area contributed by atoms with E-state index in [-0.39, 0.29) is 11.0 Å². The van der Waals surface area contributed by atoms with Gasteiger partial charge in [0.25, 0.3) is 5.91 Å². The summed E-state index contributed by atoms with van der Waals surface area (Å²) < 4.78 is 1.38. The first kappa shape index (κ1) is 11.3. The van der Waals surface area contributed by atoms with Crippen LogP contribution in [-0.2, 0) is 7.05 Å². The van der Waals surface area contributed by atoms with Gasteiger partial charge in [-0.1, -0.05) is 0 Å². The third kappa shape index (κ3) is 2.34. The molecule has 0 aromatic carbocycles. The molecule has 2 aromatic rings. The number of halogens is 1. The summed E-state index contributed by atoms with van der Waals surface area (Å²) >= 11 is 5.60. The van der Waals surface area contributed by atoms with E-state index >= 15 is 0 Å². The van der Waals surface area contributed by atoms with Gasteiger partial charge < -0.3 is 11.1 Å². The highest BCUT2D eigenvalue weighted by atomic mass is 35.5. The maximum Gasteiger partial charge on any atom is 0.277 e. The van der Waals surface area contributed by atoms with Crippen molar-refractivity contribution in [3.8, 4) is 0 Å². The predicted molar refractivity (Wildman–Crippen MR) is 62.6 cm³/mol. The van der Waals surface area contributed by atoms with Gasteiger partial charge in [0.05, 0.1) is 11.9 Å². The van der Waals surface area contributed by atoms with Gasteiger partial charge in [0.15, 0.2) is 0 Å². The molecule has 0 aliphatic heterocycles. The standard InChI is InChI=1S/C9H9ClN6O/c1-16-7(5(11)4-13-16)8(17)14-6-2-3-12-9(10)15-6/h2-4H,11H2,1H3,(H,12,14,15,17). The molecule has 0 saturated heterocycles. The van der Waals surface area contributed by atoms with Gasteiger partial charge >= 0.3 is 0 Å². The van der Waals surface area contributed by atoms with Crippen molar-refractivity contribution >= 4 is 29.0 Å². The van der Waals surface area contributed by atoms with Crippen LogP contribution in [0, 0.1) is 0 Å². The lowest BCUT2D eigenvalue weighted by Crippen LogP contribution is -2.18. The molecule has 2 heterocycles. The zero-order valence-corrected chi connectivity index (χ0v) is 9.64. The van der Waals surface area contributed by atoms with Crippen molar-refractivity contribution in [2.75, 3.05) is 11.1 Å². The number of aromatic nitrogens is 4. The molecule has 2 aromatic heterocycles. The predicted octanol–water partition coefficient (Wildman–Crippen LogP) is 0.698. The molecule has 17 heavy (non-hydrogen) atoms. The van der Waals surface area contributed by atoms with Crippen molar-refractivity contribution < 1.29 is 4.79 Å². The molecule has 0 unspecified atom stereocenters. The number of anilines is 2. The highest BCUT2D eigenvalue weighted by molar-refractivity contribution is 6.28. The van der Waals surface area contributed by atoms with Crippen molar-refractivity contribution in [2.24, 2.45) is 7.05 Å². The SMILES string of the molecule is Cn1ncc(N)c1C(=O)Nc1ccnc(Cl)n1. The number of amides is 1. The molecule has 1 amide bonds. The summed E-state index contributed by atoms with van der Waals surface area (Å²) in [6, 6.07) is 1.52. The molecule has 0 spiro atoms. The van der Waals surface area contributed by atoms with E-state index in [1.807, 2.05) is 0 Å². The molecule has 0 atom stereocenters. The first-order valence-electron chi connectivity index (χ1n) is 4.65. The number of nitrogens with zero attached hydrogens (tertiary/aromatic N) is 4. The van der Waals surface area contributed by atoms with Crippen LogP contribution >= 0.6 is 11.6 Å². The second-order valence-corrected chi connectivity index (χ2v) is 3.58. The summed E-state index contributed by atoms with van der Waals surface area (Å²) in [5.74, 6) is -0.104. The minimum Gasteiger partial charge on any atom is -0.396 e. The Morgan fingerprint density at radius 2 is 2.35 bits per heavy atom. The fourth-order valence-corrected chi connectivity index (χ4v) is 1.46. The van der Waals surface area contributed by atoms with E-state index in [0.29, 0.717) is 11.5 Å². The lowest BCUT2D eigenvalue weighted by molar-refractivity contribution is 0.101. The smallest absolute Gasteiger partial charge is 0.277 e. The molecule has 3 N–H and O–H groups in total. The Labute approximate surface area is 102 Å². The Balaban J connectivity index is 2.23. The number of hydrogen-bond donors (Lipinski definition) is 2. The fourth-order valence-electron chi connectivity index (χ4n) is 1.31. The van der Waals surface area contributed by atoms with Crippen molar-refractivity contribution in [2.45, 2.75) is 0 Å². The maximum atomic E-state index is 11.9. The lowest BCUT2D eigenvalue weighted by atomic mass is 10.3. The summed E-state index contributed by atoms with van der Waals surface area (Å²) in [6.45, 7) is 0. The van der Waals surface area contributed by atoms with Crippen LogP contribution in [0.5, 0.6) is 0 Å². The fraction of sp³-hybridized carbons (Fsp3) is 0.111. The number of aryl methyl sites for hydroxylation is 1. The normalized spacial score (nSPS) is 10.2. The van der Waals surface area contributed by atoms with E-state index in [0.717, 1.165) is 0 Å². The molecule has 0 radical (unpaired) electrons. The van der Waals surface area contributed by atoms with Gasteiger partial charge in [-0.05, 0) is 17.7 Å². The third-order valence-electron chi connectivity index (χ3n) is 2.05. The molecular formula is C9H9ClN6O. The highest BCUT2D eigenvalue weighted by Crippen LogP contribution is 2.12. The van der Waals surface area contributed by atoms with Crippen LogP contribution in [-0.4, -0.2) is 25.7 Å². The third-order valence-corrected chi connectivity index (χ3v) is 2.23. The number of carbonyl (C=O) groups is 1. The number of nitrogen functional groups attached to an aromatic ring is 1. The molecule has 88 valence electrons. The van der Waals surface area contributed by atoms with Gasteiger partial charge in [-0.15, -0.1) is 0 Å². The largest absolute Gasteiger partial charge is 0.396 e. The van der Waals surface area contributed by atoms with Crippen molar-refractivity contribution in [3.05, 3.63) is 29.4 Å². The number of rotatable bonds is 2. The highest BCUT2D eigenvalue weighted by Gasteiger charge is 2.15. The Hall–Kier alpha value is -2.15. The molecule has 0 aliphatic rings. The van der Waals surface area contributed by atoms with Crippen LogP contribution in [0.25, 0.3) is 0 Å². The number of hydrogen-bond acceptors (Lipinski definition) is 5. The monoisotopic (exact) mass is 252 g/mol. The molecule has 0 aliphatic carbocycles. The second-order valence-electron chi connectivity index (χ2n) is 3.24. The molecular weight excluding hydrogens is 244 g/mol. The van der Waals surface area contributed by atoms with E-state index < -0.39 is 5.91 Å². The quantitative estimate of drug-likeness (QED) is 0.767. The van der Waals surface area contributed by atoms with Crippen LogP contribution < -0.4 is 11.1 Å². The molecule has 8 heteroatoms. The number of nitrogens with one attached hydrogen (secondary N) is 1. The maximum absolute atomic E-state index is 11.9. The van der Waals surface area contributed by atoms with Crippen LogP contribution in [0.15, 0.2) is 18.5 Å². The Morgan fingerprint density at radius 1 is 1.59 bits per heavy atom. The molecule has 0 bridgehead atoms. The first-order valence-corrected chi connectivity index (χ1v) is 5.03. The summed E-state index contributed by atoms with van der Waals surface area (Å²) in [7, 11) is 1.62. The van der Waals surface area contributed by atoms with Crippen molar-refractivity contribution in [1.82, 2.24) is 19.7 Å². The minimum absolute atomic E-state index is 0.0563. The van der Waals surface area contributed by atoms with Gasteiger partial charge in [-0.2, -0.15) is 5.10 Å². The minimum atomic E-state index is -0.405. The van der Waals surface area contributed by atoms with Crippen LogP contribution in [0.1, 0.15) is 10.5 Å². The average Bonchev–Trinajstić information content (AvgIpc) is 2.58. The van der Waals surface area contributed by atoms with Gasteiger partial charge in [-0.3, -0.25) is 9.48 Å². The van der Waals surface area contributed by atoms with E-state index in [4.69, 9.17) is 17.3 Å². The second kappa shape index (κ2) is 4.38. The number of nitrogens with two attached hydrogens (primary N) is 1. The van der Waals surface area contributed by atoms with Gasteiger partial charge in [-0.25, -0.2) is 9.97 Å². The lowest BCUT2D eigenvalue weighted by Gasteiger charge is -2.05. The molecule has 0 saturated carbocycles. The van der Waals surface area contributed by atoms with Crippen molar-refractivity contribution in [3.63, 3.8) is 0 Å². The summed E-state index contributed by atoms with van der Waals surface area (Å²) in [5.41, 5.74) is 6.18. The van der Waals surface area contributed by atoms with E-state index in [2.05, 4.69) is 20.4 Å². The molecule has 0 fully saturated rings. The average molecular weight is 253 g/mol. The van der Waals surface area contributed by atoms with Gasteiger partial charge in [0, 0.05) is 13.2 Å². The van der Waals surface area contributed by atoms with Crippen molar-refractivity contribution in [1.29, 1.82) is 0 Å². The molecule has 7 nitrogen and oxygen atoms in total. The van der Waals surface area contributed by atoms with Gasteiger partial charge in [0.2, 0.25) is 5.28 Å². The summed E-state index contributed by atoms with van der Waals surface area (Å²) in [4.78, 5) is 19.4. The van der Waals surface area contributed by atoms with E-state index in [9.17, 15) is 4.79 Å². The van der Waals surface area contributed by atoms with Gasteiger partial charge in [0.1, 0.15) is 11.5 Å². The Morgan fingerprint density at radius 3 is 2.94 bits per heavy atom. The summed E-state index contributed by atoms with van der Waals surface area (Å²) in [6.07, 6.45) is 2.85. The summed E-state index contributed by atoms with van der Waals surface area (Å²) in [5, 5.41) is 6.48. The van der Waals surface area contributed by atoms with Crippen LogP contribution in [0.4, 0.5) is 11.5 Å². The Kier molecular flexibility index (Phi) is 2.92. The van der Waals surface area contributed by atoms with Crippen LogP contribution in [0.3, 0.4) is 0 Å².